The molecule has 2 N–H and O–H groups in total. The van der Waals surface area contributed by atoms with Gasteiger partial charge >= 0.3 is 0 Å². The van der Waals surface area contributed by atoms with Crippen LogP contribution in [0.15, 0.2) is 64.8 Å². The monoisotopic (exact) mass is 558 g/mol. The fraction of sp³-hybridized carbons (Fsp3) is 0.545. The molecule has 0 saturated heterocycles. The van der Waals surface area contributed by atoms with Gasteiger partial charge in [0.2, 0.25) is 0 Å². The van der Waals surface area contributed by atoms with E-state index in [4.69, 9.17) is 10.4 Å². The molecule has 5 rings (SSSR count). The Morgan fingerprint density at radius 2 is 2.08 bits per heavy atom. The minimum absolute atomic E-state index is 0.0157. The average Bonchev–Trinajstić information content (AvgIpc) is 3.28. The van der Waals surface area contributed by atoms with E-state index in [2.05, 4.69) is 36.0 Å². The molecule has 8 unspecified atom stereocenters. The summed E-state index contributed by atoms with van der Waals surface area (Å²) in [7, 11) is 0. The lowest BCUT2D eigenvalue weighted by atomic mass is 9.53. The number of aliphatic imine (C=N–C) groups is 1. The Morgan fingerprint density at radius 3 is 2.83 bits per heavy atom. The molecule has 3 aliphatic carbocycles. The maximum atomic E-state index is 13.6. The maximum Gasteiger partial charge on any atom is 0.152 e. The SMILES string of the molecule is Cc1cccc(SCC(=O)C2CCC3C4CC/C=C/C(=Nc5ccccn5)C(C=N)CC(C)C4C(O)CC23C)n1. The number of thioether (sulfide) groups is 1. The number of nitrogens with zero attached hydrogens (tertiary/aromatic N) is 3. The Balaban J connectivity index is 1.35. The number of aliphatic hydroxyl groups excluding tert-OH is 1. The van der Waals surface area contributed by atoms with Crippen LogP contribution in [-0.2, 0) is 4.79 Å². The molecule has 0 amide bonds. The van der Waals surface area contributed by atoms with Crippen LogP contribution in [-0.4, -0.2) is 44.6 Å². The minimum Gasteiger partial charge on any atom is -0.393 e. The van der Waals surface area contributed by atoms with Crippen LogP contribution in [0.3, 0.4) is 0 Å². The second kappa shape index (κ2) is 12.5. The molecule has 7 heteroatoms. The molecule has 212 valence electrons. The summed E-state index contributed by atoms with van der Waals surface area (Å²) < 4.78 is 0. The zero-order valence-corrected chi connectivity index (χ0v) is 24.7. The van der Waals surface area contributed by atoms with Gasteiger partial charge in [-0.25, -0.2) is 15.0 Å². The van der Waals surface area contributed by atoms with Gasteiger partial charge in [0.1, 0.15) is 5.78 Å². The van der Waals surface area contributed by atoms with E-state index in [9.17, 15) is 9.90 Å². The fourth-order valence-electron chi connectivity index (χ4n) is 8.09. The van der Waals surface area contributed by atoms with Gasteiger partial charge in [-0.2, -0.15) is 0 Å². The quantitative estimate of drug-likeness (QED) is 0.297. The van der Waals surface area contributed by atoms with E-state index in [1.807, 2.05) is 43.3 Å². The van der Waals surface area contributed by atoms with E-state index >= 15 is 0 Å². The van der Waals surface area contributed by atoms with E-state index in [1.165, 1.54) is 18.0 Å². The number of aryl methyl sites for hydroxylation is 1. The first kappa shape index (κ1) is 28.9. The minimum atomic E-state index is -0.452. The summed E-state index contributed by atoms with van der Waals surface area (Å²) in [6.07, 6.45) is 12.3. The van der Waals surface area contributed by atoms with Gasteiger partial charge in [-0.15, -0.1) is 0 Å². The molecule has 2 heterocycles. The van der Waals surface area contributed by atoms with Crippen molar-refractivity contribution in [3.63, 3.8) is 0 Å². The molecule has 0 aromatic carbocycles. The van der Waals surface area contributed by atoms with E-state index in [1.54, 1.807) is 6.20 Å². The van der Waals surface area contributed by atoms with Crippen molar-refractivity contribution < 1.29 is 9.90 Å². The van der Waals surface area contributed by atoms with Crippen LogP contribution >= 0.6 is 11.8 Å². The molecule has 2 saturated carbocycles. The number of carbonyl (C=O) groups is 1. The second-order valence-electron chi connectivity index (χ2n) is 12.3. The number of Topliss-reactive ketones (excluding diaryl/α,β-unsaturated/α-hetero) is 1. The maximum absolute atomic E-state index is 13.6. The fourth-order valence-corrected chi connectivity index (χ4v) is 8.96. The van der Waals surface area contributed by atoms with Crippen LogP contribution in [0.2, 0.25) is 0 Å². The van der Waals surface area contributed by atoms with Crippen LogP contribution in [0.1, 0.15) is 58.1 Å². The Hall–Kier alpha value is -2.64. The van der Waals surface area contributed by atoms with Gasteiger partial charge in [0.05, 0.1) is 22.6 Å². The summed E-state index contributed by atoms with van der Waals surface area (Å²) in [6, 6.07) is 11.6. The lowest BCUT2D eigenvalue weighted by Crippen LogP contribution is -2.51. The molecule has 0 spiro atoms. The highest BCUT2D eigenvalue weighted by molar-refractivity contribution is 7.99. The molecule has 3 aliphatic rings. The molecular weight excluding hydrogens is 516 g/mol. The summed E-state index contributed by atoms with van der Waals surface area (Å²) in [4.78, 5) is 27.3. The number of rotatable bonds is 6. The summed E-state index contributed by atoms with van der Waals surface area (Å²) in [5.41, 5.74) is 1.64. The largest absolute Gasteiger partial charge is 0.393 e. The van der Waals surface area contributed by atoms with Crippen molar-refractivity contribution in [2.24, 2.45) is 45.9 Å². The molecule has 0 aliphatic heterocycles. The third-order valence-corrected chi connectivity index (χ3v) is 10.8. The van der Waals surface area contributed by atoms with Crippen molar-refractivity contribution in [2.45, 2.75) is 70.4 Å². The smallest absolute Gasteiger partial charge is 0.152 e. The highest BCUT2D eigenvalue weighted by atomic mass is 32.2. The first-order chi connectivity index (χ1) is 19.3. The normalized spacial score (nSPS) is 35.9. The lowest BCUT2D eigenvalue weighted by molar-refractivity contribution is -0.132. The topological polar surface area (TPSA) is 99.3 Å². The number of nitrogens with one attached hydrogen (secondary N) is 1. The number of hydrogen-bond acceptors (Lipinski definition) is 7. The first-order valence-electron chi connectivity index (χ1n) is 14.7. The zero-order chi connectivity index (χ0) is 28.3. The van der Waals surface area contributed by atoms with Crippen molar-refractivity contribution >= 4 is 35.3 Å². The molecule has 8 atom stereocenters. The third kappa shape index (κ3) is 6.01. The number of ketones is 1. The van der Waals surface area contributed by atoms with Crippen LogP contribution in [0.5, 0.6) is 0 Å². The van der Waals surface area contributed by atoms with Gasteiger partial charge in [-0.3, -0.25) is 4.79 Å². The van der Waals surface area contributed by atoms with Gasteiger partial charge in [0, 0.05) is 29.9 Å². The van der Waals surface area contributed by atoms with Gasteiger partial charge in [-0.05, 0) is 105 Å². The molecular formula is C33H42N4O2S. The standard InChI is InChI=1S/C33H42N4O2S/c1-21-17-23(19-34)27(37-30-12-6-7-16-35-30)11-5-4-10-24-25-14-15-26(33(25,3)18-28(38)32(21)24)29(39)20-40-31-13-8-9-22(2)36-31/h5-9,11-13,16,19,21,23-26,28,32,34,38H,4,10,14-15,17-18,20H2,1-3H3/b11-5+,34-19?,37-27?. The van der Waals surface area contributed by atoms with Crippen LogP contribution < -0.4 is 0 Å². The predicted octanol–water partition coefficient (Wildman–Crippen LogP) is 6.89. The van der Waals surface area contributed by atoms with E-state index in [-0.39, 0.29) is 29.1 Å². The highest BCUT2D eigenvalue weighted by Gasteiger charge is 2.58. The zero-order valence-electron chi connectivity index (χ0n) is 23.9. The molecule has 2 fully saturated rings. The molecule has 6 nitrogen and oxygen atoms in total. The van der Waals surface area contributed by atoms with Gasteiger partial charge < -0.3 is 10.5 Å². The van der Waals surface area contributed by atoms with Crippen LogP contribution in [0, 0.1) is 53.3 Å². The van der Waals surface area contributed by atoms with E-state index < -0.39 is 6.10 Å². The second-order valence-corrected chi connectivity index (χ2v) is 13.3. The number of aromatic nitrogens is 2. The highest BCUT2D eigenvalue weighted by Crippen LogP contribution is 2.61. The molecule has 0 bridgehead atoms. The molecule has 40 heavy (non-hydrogen) atoms. The van der Waals surface area contributed by atoms with Crippen molar-refractivity contribution in [3.8, 4) is 0 Å². The predicted molar refractivity (Wildman–Crippen MR) is 162 cm³/mol. The Kier molecular flexibility index (Phi) is 9.01. The number of carbonyl (C=O) groups excluding carboxylic acids is 1. The number of fused-ring (bicyclic) bond motifs is 3. The summed E-state index contributed by atoms with van der Waals surface area (Å²) >= 11 is 1.54. The number of pyridine rings is 2. The third-order valence-electron chi connectivity index (χ3n) is 9.84. The lowest BCUT2D eigenvalue weighted by Gasteiger charge is -2.53. The van der Waals surface area contributed by atoms with Crippen molar-refractivity contribution in [1.82, 2.24) is 9.97 Å². The Labute approximate surface area is 242 Å². The van der Waals surface area contributed by atoms with E-state index in [0.29, 0.717) is 35.6 Å². The van der Waals surface area contributed by atoms with Crippen LogP contribution in [0.4, 0.5) is 5.82 Å². The Morgan fingerprint density at radius 1 is 1.23 bits per heavy atom. The number of hydrogen-bond donors (Lipinski definition) is 2. The molecule has 2 aromatic heterocycles. The Bertz CT molecular complexity index is 1260. The number of allylic oxidation sites excluding steroid dienone is 2. The molecule has 0 radical (unpaired) electrons. The van der Waals surface area contributed by atoms with Crippen LogP contribution in [0.25, 0.3) is 0 Å². The molecule has 2 aromatic rings. The van der Waals surface area contributed by atoms with Gasteiger partial charge in [0.15, 0.2) is 5.82 Å². The average molecular weight is 559 g/mol. The number of aliphatic hydroxyl groups is 1. The summed E-state index contributed by atoms with van der Waals surface area (Å²) in [5.74, 6) is 2.42. The first-order valence-corrected chi connectivity index (χ1v) is 15.7. The van der Waals surface area contributed by atoms with Gasteiger partial charge in [0.25, 0.3) is 0 Å². The van der Waals surface area contributed by atoms with Crippen molar-refractivity contribution in [3.05, 3.63) is 60.4 Å². The van der Waals surface area contributed by atoms with E-state index in [0.717, 1.165) is 48.5 Å². The summed E-state index contributed by atoms with van der Waals surface area (Å²) in [6.45, 7) is 6.49. The summed E-state index contributed by atoms with van der Waals surface area (Å²) in [5, 5.41) is 20.9. The van der Waals surface area contributed by atoms with Crippen molar-refractivity contribution in [1.29, 1.82) is 5.41 Å². The van der Waals surface area contributed by atoms with Crippen molar-refractivity contribution in [2.75, 3.05) is 5.75 Å². The van der Waals surface area contributed by atoms with Gasteiger partial charge in [-0.1, -0.05) is 43.8 Å².